The standard InChI is InChI=1S/C82H56O53/c83-26-1-16(2-27(84)47(26)95)69(109)129-65-62-38(14-122-72(112)19-7-32(89)50(98)56(104)41(19)42-20(74(114)127-62)8-33(90)51(99)57(42)105)125-79(133-70(110)17-3-28(85)48(96)29(86)4-17)67(65)132-78(118)25-11-35(92)53(101)60(108)61(25)124-37-12-23-44(59(107)55(37)103)43-21(9-34(91)52(100)58(43)106)75(115)130-66-63-39(15-123-73(23)113)126-80(134-71(111)18-5-30(87)49(97)31(88)6-18)68(66)131-76(116)22-10-36(93)54(102)64-45(22)46-24(77(117)128-63)13-40(94)82(121,135-64)81(46,119)120/h1-13,38-39,46,62-63,65-68,79-80,83-93,95-108,119-121H,14-15H2. The number of hydrogen-bond acceptors (Lipinski definition) is 53. The molecule has 6 aliphatic heterocycles. The average molecular weight is 1890 g/mol. The number of ketones is 1. The minimum atomic E-state index is -4.21. The van der Waals surface area contributed by atoms with E-state index in [4.69, 9.17) is 66.3 Å². The predicted octanol–water partition coefficient (Wildman–Crippen LogP) is 0.965. The molecule has 6 bridgehead atoms. The van der Waals surface area contributed by atoms with Crippen molar-refractivity contribution in [3.05, 3.63) is 140 Å². The first-order valence-electron chi connectivity index (χ1n) is 37.6. The van der Waals surface area contributed by atoms with E-state index in [1.807, 2.05) is 0 Å². The highest BCUT2D eigenvalue weighted by Crippen LogP contribution is 2.62. The molecule has 702 valence electrons. The van der Waals surface area contributed by atoms with Gasteiger partial charge in [0, 0.05) is 39.9 Å². The topological polar surface area (TPSA) is 883 Å². The van der Waals surface area contributed by atoms with Crippen molar-refractivity contribution in [2.75, 3.05) is 13.2 Å². The molecule has 9 aromatic carbocycles. The molecule has 16 rings (SSSR count). The third-order valence-corrected chi connectivity index (χ3v) is 21.9. The van der Waals surface area contributed by atoms with Crippen molar-refractivity contribution in [1.29, 1.82) is 0 Å². The number of phenolic OH excluding ortho intramolecular Hbond substituents is 25. The lowest BCUT2D eigenvalue weighted by atomic mass is 9.70. The van der Waals surface area contributed by atoms with Crippen LogP contribution in [-0.4, -0.2) is 295 Å². The summed E-state index contributed by atoms with van der Waals surface area (Å²) in [5.74, 6) is -76.8. The number of esters is 10. The van der Waals surface area contributed by atoms with E-state index in [9.17, 15) is 167 Å². The molecule has 53 heteroatoms. The van der Waals surface area contributed by atoms with E-state index < -0.39 is 402 Å². The van der Waals surface area contributed by atoms with E-state index in [1.165, 1.54) is 0 Å². The van der Waals surface area contributed by atoms with Crippen LogP contribution in [0.15, 0.2) is 84.4 Å². The van der Waals surface area contributed by atoms with Crippen LogP contribution in [-0.2, 0) is 66.4 Å². The largest absolute Gasteiger partial charge is 0.504 e. The molecule has 2 saturated heterocycles. The Balaban J connectivity index is 0.840. The number of ether oxygens (including phenoxy) is 14. The molecule has 0 spiro atoms. The van der Waals surface area contributed by atoms with Crippen LogP contribution in [0.5, 0.6) is 161 Å². The first-order chi connectivity index (χ1) is 63.4. The van der Waals surface area contributed by atoms with Gasteiger partial charge in [0.05, 0.1) is 56.0 Å². The smallest absolute Gasteiger partial charge is 0.342 e. The zero-order valence-corrected chi connectivity index (χ0v) is 66.0. The van der Waals surface area contributed by atoms with E-state index in [0.29, 0.717) is 42.5 Å². The van der Waals surface area contributed by atoms with Gasteiger partial charge in [-0.15, -0.1) is 0 Å². The number of aliphatic hydroxyl groups is 3. The van der Waals surface area contributed by atoms with Gasteiger partial charge in [0.15, 0.2) is 145 Å². The molecule has 28 N–H and O–H groups in total. The van der Waals surface area contributed by atoms with Crippen molar-refractivity contribution < 1.29 is 262 Å². The van der Waals surface area contributed by atoms with E-state index in [2.05, 4.69) is 0 Å². The van der Waals surface area contributed by atoms with Crippen LogP contribution in [0.25, 0.3) is 22.3 Å². The Bertz CT molecular complexity index is 6790. The maximum absolute atomic E-state index is 15.7. The lowest BCUT2D eigenvalue weighted by molar-refractivity contribution is -0.339. The quantitative estimate of drug-likeness (QED) is 0.0392. The number of benzene rings is 9. The Morgan fingerprint density at radius 3 is 1.16 bits per heavy atom. The molecule has 0 amide bonds. The Morgan fingerprint density at radius 1 is 0.326 bits per heavy atom. The average Bonchev–Trinajstić information content (AvgIpc) is 1.26. The molecular weight excluding hydrogens is 1830 g/mol. The molecule has 53 nitrogen and oxygen atoms in total. The van der Waals surface area contributed by atoms with E-state index in [1.54, 1.807) is 0 Å². The molecule has 7 aliphatic rings. The second kappa shape index (κ2) is 32.0. The fourth-order valence-corrected chi connectivity index (χ4v) is 15.4. The Labute approximate surface area is 740 Å². The fourth-order valence-electron chi connectivity index (χ4n) is 15.4. The first kappa shape index (κ1) is 89.9. The van der Waals surface area contributed by atoms with E-state index in [-0.39, 0.29) is 36.4 Å². The summed E-state index contributed by atoms with van der Waals surface area (Å²) in [6, 6.07) is 3.43. The number of rotatable bonds is 10. The number of carbonyl (C=O) groups is 11. The third kappa shape index (κ3) is 14.4. The Kier molecular flexibility index (Phi) is 21.3. The summed E-state index contributed by atoms with van der Waals surface area (Å²) in [5, 5.41) is 311. The van der Waals surface area contributed by atoms with Crippen molar-refractivity contribution in [2.24, 2.45) is 0 Å². The number of cyclic esters (lactones) is 2. The number of phenols is 25. The van der Waals surface area contributed by atoms with Gasteiger partial charge in [-0.2, -0.15) is 0 Å². The zero-order valence-electron chi connectivity index (χ0n) is 66.0. The van der Waals surface area contributed by atoms with Crippen LogP contribution in [0.1, 0.15) is 105 Å². The third-order valence-electron chi connectivity index (χ3n) is 21.9. The molecule has 6 heterocycles. The molecule has 1 aliphatic carbocycles. The number of aromatic hydroxyl groups is 25. The van der Waals surface area contributed by atoms with Gasteiger partial charge in [-0.1, -0.05) is 0 Å². The SMILES string of the molecule is O=C1OC2C3COC(=O)c4cc(Oc5c(C(=O)OC6C(OC(=O)c7cc(O)c(O)c(O)c7)OC7COC(=O)c8cc(O)c(O)c(O)c8-c8c(cc(O)c(O)c8O)C(=O)OC7C6OC(=O)c6cc(O)c(O)c(O)c6)cc(O)c(O)c5O)c(O)c(O)c4-c4c(cc(O)c(O)c4O)C(=O)OC2C(OC(=O)c2cc(O)c(O)c4c2C2C1=CC(=O)C(O)(O4)C2(O)O)C(OC(=O)c1cc(O)c(O)c(O)c1)O3. The maximum Gasteiger partial charge on any atom is 0.342 e. The van der Waals surface area contributed by atoms with Crippen LogP contribution in [0.3, 0.4) is 0 Å². The molecule has 2 fully saturated rings. The molecule has 135 heavy (non-hydrogen) atoms. The van der Waals surface area contributed by atoms with Crippen molar-refractivity contribution in [3.63, 3.8) is 0 Å². The van der Waals surface area contributed by atoms with Gasteiger partial charge in [0.25, 0.3) is 5.79 Å². The zero-order chi connectivity index (χ0) is 98.0. The van der Waals surface area contributed by atoms with E-state index in [0.717, 1.165) is 0 Å². The highest BCUT2D eigenvalue weighted by atomic mass is 16.8. The Hall–Kier alpha value is -18.5. The molecular formula is C82H56O53. The van der Waals surface area contributed by atoms with Gasteiger partial charge >= 0.3 is 65.5 Å². The minimum absolute atomic E-state index is 0.0429. The summed E-state index contributed by atoms with van der Waals surface area (Å²) in [5.41, 5.74) is -19.9. The fraction of sp³-hybridized carbons (Fsp3) is 0.183. The predicted molar refractivity (Wildman–Crippen MR) is 411 cm³/mol. The maximum atomic E-state index is 15.7. The summed E-state index contributed by atoms with van der Waals surface area (Å²) >= 11 is 0. The summed E-state index contributed by atoms with van der Waals surface area (Å²) in [7, 11) is 0. The van der Waals surface area contributed by atoms with Crippen LogP contribution in [0.4, 0.5) is 0 Å². The number of carbonyl (C=O) groups excluding carboxylic acids is 11. The minimum Gasteiger partial charge on any atom is -0.504 e. The highest BCUT2D eigenvalue weighted by Gasteiger charge is 2.71. The molecule has 12 unspecified atom stereocenters. The summed E-state index contributed by atoms with van der Waals surface area (Å²) in [6.45, 7) is -3.30. The van der Waals surface area contributed by atoms with Crippen molar-refractivity contribution >= 4 is 65.5 Å². The molecule has 0 radical (unpaired) electrons. The van der Waals surface area contributed by atoms with Crippen LogP contribution in [0.2, 0.25) is 0 Å². The van der Waals surface area contributed by atoms with Gasteiger partial charge in [-0.3, -0.25) is 4.79 Å². The number of fused-ring (bicyclic) bond motifs is 8. The van der Waals surface area contributed by atoms with Gasteiger partial charge in [0.1, 0.15) is 31.0 Å². The van der Waals surface area contributed by atoms with Crippen molar-refractivity contribution in [1.82, 2.24) is 0 Å². The lowest BCUT2D eigenvalue weighted by Crippen LogP contribution is -2.70. The van der Waals surface area contributed by atoms with Crippen LogP contribution < -0.4 is 9.47 Å². The lowest BCUT2D eigenvalue weighted by Gasteiger charge is -2.49. The summed E-state index contributed by atoms with van der Waals surface area (Å²) in [4.78, 5) is 164. The van der Waals surface area contributed by atoms with Crippen LogP contribution in [0, 0.1) is 0 Å². The highest BCUT2D eigenvalue weighted by molar-refractivity contribution is 6.12. The second-order valence-electron chi connectivity index (χ2n) is 29.9. The van der Waals surface area contributed by atoms with Crippen LogP contribution >= 0.6 is 0 Å². The summed E-state index contributed by atoms with van der Waals surface area (Å²) < 4.78 is 79.9. The summed E-state index contributed by atoms with van der Waals surface area (Å²) in [6.07, 6.45) is -28.7. The normalized spacial score (nSPS) is 22.5. The van der Waals surface area contributed by atoms with Gasteiger partial charge in [-0.25, -0.2) is 47.9 Å². The first-order valence-corrected chi connectivity index (χ1v) is 37.6. The van der Waals surface area contributed by atoms with Gasteiger partial charge in [-0.05, 0) is 66.7 Å². The second-order valence-corrected chi connectivity index (χ2v) is 29.9. The molecule has 0 saturated carbocycles. The number of hydrogen-bond donors (Lipinski definition) is 28. The van der Waals surface area contributed by atoms with Crippen molar-refractivity contribution in [2.45, 2.75) is 78.9 Å². The molecule has 12 atom stereocenters. The van der Waals surface area contributed by atoms with Crippen molar-refractivity contribution in [3.8, 4) is 183 Å². The Morgan fingerprint density at radius 2 is 0.681 bits per heavy atom. The van der Waals surface area contributed by atoms with Gasteiger partial charge < -0.3 is 209 Å². The van der Waals surface area contributed by atoms with Gasteiger partial charge in [0.2, 0.25) is 70.8 Å². The van der Waals surface area contributed by atoms with E-state index >= 15 is 28.8 Å². The molecule has 0 aromatic heterocycles. The molecule has 9 aromatic rings. The monoisotopic (exact) mass is 1890 g/mol.